The lowest BCUT2D eigenvalue weighted by Gasteiger charge is -2.07. The molecule has 1 rings (SSSR count). The van der Waals surface area contributed by atoms with Crippen molar-refractivity contribution in [2.75, 3.05) is 6.61 Å². The minimum absolute atomic E-state index is 0.0352. The van der Waals surface area contributed by atoms with Crippen molar-refractivity contribution >= 4 is 5.97 Å². The summed E-state index contributed by atoms with van der Waals surface area (Å²) in [7, 11) is 0. The smallest absolute Gasteiger partial charge is 0.303 e. The number of carboxylic acids is 1. The molecule has 0 heterocycles. The number of carboxylic acid groups (broad SMARTS) is 1. The van der Waals surface area contributed by atoms with Crippen LogP contribution in [0.4, 0.5) is 4.39 Å². The Kier molecular flexibility index (Phi) is 4.09. The van der Waals surface area contributed by atoms with Crippen molar-refractivity contribution < 1.29 is 19.0 Å². The van der Waals surface area contributed by atoms with Gasteiger partial charge >= 0.3 is 5.97 Å². The molecule has 0 fully saturated rings. The van der Waals surface area contributed by atoms with E-state index < -0.39 is 5.97 Å². The highest BCUT2D eigenvalue weighted by Gasteiger charge is 2.05. The molecule has 1 aromatic carbocycles. The summed E-state index contributed by atoms with van der Waals surface area (Å²) in [6.45, 7) is 1.87. The van der Waals surface area contributed by atoms with Crippen LogP contribution in [0, 0.1) is 12.7 Å². The van der Waals surface area contributed by atoms with E-state index in [1.807, 2.05) is 0 Å². The minimum atomic E-state index is -0.872. The highest BCUT2D eigenvalue weighted by molar-refractivity contribution is 5.66. The maximum absolute atomic E-state index is 13.3. The van der Waals surface area contributed by atoms with Crippen molar-refractivity contribution in [3.05, 3.63) is 29.6 Å². The highest BCUT2D eigenvalue weighted by atomic mass is 19.1. The Labute approximate surface area is 87.5 Å². The quantitative estimate of drug-likeness (QED) is 0.762. The third-order valence-electron chi connectivity index (χ3n) is 1.95. The van der Waals surface area contributed by atoms with E-state index in [1.165, 1.54) is 6.07 Å². The molecule has 0 saturated heterocycles. The van der Waals surface area contributed by atoms with Crippen LogP contribution in [0.2, 0.25) is 0 Å². The first-order valence-corrected chi connectivity index (χ1v) is 4.71. The van der Waals surface area contributed by atoms with Gasteiger partial charge < -0.3 is 9.84 Å². The highest BCUT2D eigenvalue weighted by Crippen LogP contribution is 2.19. The summed E-state index contributed by atoms with van der Waals surface area (Å²) in [5, 5.41) is 8.38. The summed E-state index contributed by atoms with van der Waals surface area (Å²) < 4.78 is 18.5. The standard InChI is InChI=1S/C11H13FO3/c1-8-4-2-5-9(11(8)12)15-7-3-6-10(13)14/h2,4-5H,3,6-7H2,1H3,(H,13,14). The van der Waals surface area contributed by atoms with Crippen LogP contribution in [-0.2, 0) is 4.79 Å². The predicted octanol–water partition coefficient (Wildman–Crippen LogP) is 2.38. The maximum Gasteiger partial charge on any atom is 0.303 e. The van der Waals surface area contributed by atoms with Gasteiger partial charge in [-0.3, -0.25) is 4.79 Å². The van der Waals surface area contributed by atoms with E-state index in [0.717, 1.165) is 0 Å². The van der Waals surface area contributed by atoms with Crippen molar-refractivity contribution in [3.63, 3.8) is 0 Å². The van der Waals surface area contributed by atoms with E-state index in [4.69, 9.17) is 9.84 Å². The van der Waals surface area contributed by atoms with Gasteiger partial charge in [-0.25, -0.2) is 4.39 Å². The van der Waals surface area contributed by atoms with Gasteiger partial charge in [-0.05, 0) is 25.0 Å². The second-order valence-electron chi connectivity index (χ2n) is 3.23. The average molecular weight is 212 g/mol. The zero-order valence-electron chi connectivity index (χ0n) is 8.50. The van der Waals surface area contributed by atoms with Crippen LogP contribution in [0.15, 0.2) is 18.2 Å². The zero-order valence-corrected chi connectivity index (χ0v) is 8.50. The summed E-state index contributed by atoms with van der Waals surface area (Å²) >= 11 is 0. The Morgan fingerprint density at radius 3 is 2.93 bits per heavy atom. The van der Waals surface area contributed by atoms with Crippen LogP contribution in [-0.4, -0.2) is 17.7 Å². The third kappa shape index (κ3) is 3.58. The van der Waals surface area contributed by atoms with E-state index in [9.17, 15) is 9.18 Å². The van der Waals surface area contributed by atoms with Gasteiger partial charge in [0.05, 0.1) is 6.61 Å². The Morgan fingerprint density at radius 2 is 2.27 bits per heavy atom. The molecule has 0 radical (unpaired) electrons. The number of halogens is 1. The van der Waals surface area contributed by atoms with Gasteiger partial charge in [0.15, 0.2) is 11.6 Å². The average Bonchev–Trinajstić information content (AvgIpc) is 2.18. The number of hydrogen-bond acceptors (Lipinski definition) is 2. The van der Waals surface area contributed by atoms with Crippen molar-refractivity contribution in [1.82, 2.24) is 0 Å². The molecule has 3 nitrogen and oxygen atoms in total. The minimum Gasteiger partial charge on any atom is -0.490 e. The fourth-order valence-corrected chi connectivity index (χ4v) is 1.14. The summed E-state index contributed by atoms with van der Waals surface area (Å²) in [5.41, 5.74) is 0.519. The second-order valence-corrected chi connectivity index (χ2v) is 3.23. The maximum atomic E-state index is 13.3. The molecule has 1 aromatic rings. The molecule has 0 aliphatic rings. The molecular weight excluding hydrogens is 199 g/mol. The van der Waals surface area contributed by atoms with E-state index in [2.05, 4.69) is 0 Å². The molecule has 0 aromatic heterocycles. The molecule has 4 heteroatoms. The molecule has 1 N–H and O–H groups in total. The second kappa shape index (κ2) is 5.34. The summed E-state index contributed by atoms with van der Waals surface area (Å²) in [6.07, 6.45) is 0.413. The van der Waals surface area contributed by atoms with Crippen LogP contribution < -0.4 is 4.74 Å². The van der Waals surface area contributed by atoms with E-state index >= 15 is 0 Å². The molecule has 0 aliphatic heterocycles. The van der Waals surface area contributed by atoms with Gasteiger partial charge in [-0.15, -0.1) is 0 Å². The lowest BCUT2D eigenvalue weighted by atomic mass is 10.2. The molecule has 0 amide bonds. The lowest BCUT2D eigenvalue weighted by Crippen LogP contribution is -2.03. The Hall–Kier alpha value is -1.58. The van der Waals surface area contributed by atoms with Crippen molar-refractivity contribution in [2.45, 2.75) is 19.8 Å². The van der Waals surface area contributed by atoms with Crippen molar-refractivity contribution in [2.24, 2.45) is 0 Å². The third-order valence-corrected chi connectivity index (χ3v) is 1.95. The molecule has 0 saturated carbocycles. The first kappa shape index (κ1) is 11.5. The lowest BCUT2D eigenvalue weighted by molar-refractivity contribution is -0.137. The largest absolute Gasteiger partial charge is 0.490 e. The van der Waals surface area contributed by atoms with Gasteiger partial charge in [-0.1, -0.05) is 12.1 Å². The van der Waals surface area contributed by atoms with Gasteiger partial charge in [0.1, 0.15) is 0 Å². The topological polar surface area (TPSA) is 46.5 Å². The molecule has 0 atom stereocenters. The van der Waals surface area contributed by atoms with Gasteiger partial charge in [-0.2, -0.15) is 0 Å². The first-order valence-electron chi connectivity index (χ1n) is 4.71. The van der Waals surface area contributed by atoms with E-state index in [-0.39, 0.29) is 24.6 Å². The molecule has 82 valence electrons. The Balaban J connectivity index is 2.44. The number of hydrogen-bond donors (Lipinski definition) is 1. The number of ether oxygens (including phenoxy) is 1. The van der Waals surface area contributed by atoms with Crippen LogP contribution in [0.25, 0.3) is 0 Å². The Morgan fingerprint density at radius 1 is 1.53 bits per heavy atom. The predicted molar refractivity (Wildman–Crippen MR) is 53.5 cm³/mol. The molecule has 0 spiro atoms. The fourth-order valence-electron chi connectivity index (χ4n) is 1.14. The number of aryl methyl sites for hydroxylation is 1. The van der Waals surface area contributed by atoms with Crippen molar-refractivity contribution in [3.8, 4) is 5.75 Å². The SMILES string of the molecule is Cc1cccc(OCCCC(=O)O)c1F. The normalized spacial score (nSPS) is 10.0. The van der Waals surface area contributed by atoms with Crippen molar-refractivity contribution in [1.29, 1.82) is 0 Å². The molecule has 0 bridgehead atoms. The fraction of sp³-hybridized carbons (Fsp3) is 0.364. The Bertz CT molecular complexity index is 350. The monoisotopic (exact) mass is 212 g/mol. The van der Waals surface area contributed by atoms with Gasteiger partial charge in [0, 0.05) is 6.42 Å². The van der Waals surface area contributed by atoms with Crippen LogP contribution in [0.5, 0.6) is 5.75 Å². The van der Waals surface area contributed by atoms with Gasteiger partial charge in [0.2, 0.25) is 0 Å². The molecule has 0 unspecified atom stereocenters. The van der Waals surface area contributed by atoms with Crippen LogP contribution in [0.1, 0.15) is 18.4 Å². The van der Waals surface area contributed by atoms with E-state index in [1.54, 1.807) is 19.1 Å². The summed E-state index contributed by atoms with van der Waals surface area (Å²) in [5.74, 6) is -1.07. The molecular formula is C11H13FO3. The summed E-state index contributed by atoms with van der Waals surface area (Å²) in [6, 6.07) is 4.88. The first-order chi connectivity index (χ1) is 7.11. The number of aliphatic carboxylic acids is 1. The van der Waals surface area contributed by atoms with Crippen LogP contribution >= 0.6 is 0 Å². The molecule has 15 heavy (non-hydrogen) atoms. The number of benzene rings is 1. The number of rotatable bonds is 5. The number of carbonyl (C=O) groups is 1. The van der Waals surface area contributed by atoms with E-state index in [0.29, 0.717) is 12.0 Å². The van der Waals surface area contributed by atoms with Crippen LogP contribution in [0.3, 0.4) is 0 Å². The van der Waals surface area contributed by atoms with Gasteiger partial charge in [0.25, 0.3) is 0 Å². The summed E-state index contributed by atoms with van der Waals surface area (Å²) in [4.78, 5) is 10.2. The zero-order chi connectivity index (χ0) is 11.3. The molecule has 0 aliphatic carbocycles.